The SMILES string of the molecule is C=CCC1C=C(Br)C=CC1(N)CC=C. The molecule has 0 amide bonds. The second-order valence-corrected chi connectivity index (χ2v) is 4.54. The van der Waals surface area contributed by atoms with Gasteiger partial charge in [-0.05, 0) is 12.8 Å². The predicted octanol–water partition coefficient (Wildman–Crippen LogP) is 3.30. The van der Waals surface area contributed by atoms with Crippen molar-refractivity contribution in [2.24, 2.45) is 11.7 Å². The number of allylic oxidation sites excluding steroid dienone is 3. The van der Waals surface area contributed by atoms with E-state index in [4.69, 9.17) is 5.73 Å². The van der Waals surface area contributed by atoms with Crippen molar-refractivity contribution in [3.63, 3.8) is 0 Å². The molecule has 0 radical (unpaired) electrons. The molecule has 2 N–H and O–H groups in total. The standard InChI is InChI=1S/C12H16BrN/c1-3-5-10-9-11(13)6-8-12(10,14)7-4-2/h3-4,6,8-10H,1-2,5,7,14H2. The lowest BCUT2D eigenvalue weighted by Crippen LogP contribution is -2.45. The van der Waals surface area contributed by atoms with Crippen molar-refractivity contribution in [3.05, 3.63) is 48.0 Å². The molecule has 1 nitrogen and oxygen atoms in total. The number of rotatable bonds is 4. The molecule has 76 valence electrons. The first-order valence-corrected chi connectivity index (χ1v) is 5.49. The first-order valence-electron chi connectivity index (χ1n) is 4.69. The van der Waals surface area contributed by atoms with E-state index in [1.807, 2.05) is 24.3 Å². The van der Waals surface area contributed by atoms with Crippen molar-refractivity contribution >= 4 is 15.9 Å². The molecule has 0 aliphatic heterocycles. The Balaban J connectivity index is 2.89. The molecule has 0 aromatic heterocycles. The van der Waals surface area contributed by atoms with Crippen LogP contribution in [0.2, 0.25) is 0 Å². The van der Waals surface area contributed by atoms with Crippen LogP contribution >= 0.6 is 15.9 Å². The smallest absolute Gasteiger partial charge is 0.0444 e. The van der Waals surface area contributed by atoms with E-state index in [1.54, 1.807) is 0 Å². The van der Waals surface area contributed by atoms with Crippen molar-refractivity contribution in [1.29, 1.82) is 0 Å². The summed E-state index contributed by atoms with van der Waals surface area (Å²) in [6, 6.07) is 0. The molecule has 0 fully saturated rings. The number of hydrogen-bond acceptors (Lipinski definition) is 1. The molecule has 14 heavy (non-hydrogen) atoms. The summed E-state index contributed by atoms with van der Waals surface area (Å²) in [4.78, 5) is 0. The fraction of sp³-hybridized carbons (Fsp3) is 0.333. The first kappa shape index (κ1) is 11.5. The van der Waals surface area contributed by atoms with E-state index < -0.39 is 0 Å². The molecule has 0 aromatic carbocycles. The van der Waals surface area contributed by atoms with Crippen molar-refractivity contribution in [2.45, 2.75) is 18.4 Å². The highest BCUT2D eigenvalue weighted by Crippen LogP contribution is 2.32. The van der Waals surface area contributed by atoms with Gasteiger partial charge in [-0.2, -0.15) is 0 Å². The molecule has 0 bridgehead atoms. The summed E-state index contributed by atoms with van der Waals surface area (Å²) in [5.41, 5.74) is 5.99. The molecule has 1 aliphatic rings. The lowest BCUT2D eigenvalue weighted by Gasteiger charge is -2.34. The molecule has 2 atom stereocenters. The highest BCUT2D eigenvalue weighted by atomic mass is 79.9. The minimum Gasteiger partial charge on any atom is -0.321 e. The van der Waals surface area contributed by atoms with E-state index in [2.05, 4.69) is 35.2 Å². The average molecular weight is 254 g/mol. The van der Waals surface area contributed by atoms with Crippen LogP contribution in [0.5, 0.6) is 0 Å². The topological polar surface area (TPSA) is 26.0 Å². The molecule has 0 saturated heterocycles. The lowest BCUT2D eigenvalue weighted by molar-refractivity contribution is 0.396. The minimum absolute atomic E-state index is 0.298. The van der Waals surface area contributed by atoms with Gasteiger partial charge < -0.3 is 5.73 Å². The highest BCUT2D eigenvalue weighted by Gasteiger charge is 2.30. The summed E-state index contributed by atoms with van der Waals surface area (Å²) in [7, 11) is 0. The van der Waals surface area contributed by atoms with Crippen molar-refractivity contribution in [1.82, 2.24) is 0 Å². The number of hydrogen-bond donors (Lipinski definition) is 1. The van der Waals surface area contributed by atoms with Gasteiger partial charge in [-0.3, -0.25) is 0 Å². The molecular weight excluding hydrogens is 238 g/mol. The molecule has 0 aromatic rings. The summed E-state index contributed by atoms with van der Waals surface area (Å²) < 4.78 is 1.09. The third-order valence-corrected chi connectivity index (χ3v) is 3.05. The molecule has 2 unspecified atom stereocenters. The zero-order valence-electron chi connectivity index (χ0n) is 8.25. The van der Waals surface area contributed by atoms with Crippen LogP contribution in [0.4, 0.5) is 0 Å². The van der Waals surface area contributed by atoms with Crippen LogP contribution in [-0.2, 0) is 0 Å². The fourth-order valence-electron chi connectivity index (χ4n) is 1.70. The summed E-state index contributed by atoms with van der Waals surface area (Å²) in [5.74, 6) is 0.303. The van der Waals surface area contributed by atoms with Crippen molar-refractivity contribution in [3.8, 4) is 0 Å². The van der Waals surface area contributed by atoms with Gasteiger partial charge >= 0.3 is 0 Å². The van der Waals surface area contributed by atoms with Crippen LogP contribution in [0.1, 0.15) is 12.8 Å². The normalized spacial score (nSPS) is 31.0. The Hall–Kier alpha value is -0.600. The van der Waals surface area contributed by atoms with Gasteiger partial charge in [0.15, 0.2) is 0 Å². The lowest BCUT2D eigenvalue weighted by atomic mass is 9.77. The van der Waals surface area contributed by atoms with E-state index >= 15 is 0 Å². The molecule has 0 heterocycles. The summed E-state index contributed by atoms with van der Waals surface area (Å²) in [6.45, 7) is 7.50. The quantitative estimate of drug-likeness (QED) is 0.765. The van der Waals surface area contributed by atoms with Gasteiger partial charge in [0, 0.05) is 15.9 Å². The minimum atomic E-state index is -0.298. The Morgan fingerprint density at radius 3 is 2.79 bits per heavy atom. The summed E-state index contributed by atoms with van der Waals surface area (Å²) >= 11 is 3.46. The van der Waals surface area contributed by atoms with Gasteiger partial charge in [0.05, 0.1) is 0 Å². The number of nitrogens with two attached hydrogens (primary N) is 1. The van der Waals surface area contributed by atoms with Crippen LogP contribution in [-0.4, -0.2) is 5.54 Å². The Kier molecular flexibility index (Phi) is 3.90. The zero-order chi connectivity index (χ0) is 10.6. The molecule has 1 rings (SSSR count). The zero-order valence-corrected chi connectivity index (χ0v) is 9.83. The first-order chi connectivity index (χ1) is 6.62. The Bertz CT molecular complexity index is 291. The molecule has 0 spiro atoms. The van der Waals surface area contributed by atoms with E-state index in [-0.39, 0.29) is 5.54 Å². The van der Waals surface area contributed by atoms with Gasteiger partial charge in [0.2, 0.25) is 0 Å². The second kappa shape index (κ2) is 4.76. The molecule has 0 saturated carbocycles. The predicted molar refractivity (Wildman–Crippen MR) is 66.2 cm³/mol. The maximum absolute atomic E-state index is 6.29. The van der Waals surface area contributed by atoms with E-state index in [0.29, 0.717) is 5.92 Å². The molecule has 1 aliphatic carbocycles. The molecular formula is C12H16BrN. The summed E-state index contributed by atoms with van der Waals surface area (Å²) in [6.07, 6.45) is 11.7. The van der Waals surface area contributed by atoms with Gasteiger partial charge in [-0.1, -0.05) is 46.3 Å². The van der Waals surface area contributed by atoms with Gasteiger partial charge in [0.1, 0.15) is 0 Å². The van der Waals surface area contributed by atoms with Crippen LogP contribution in [0.3, 0.4) is 0 Å². The fourth-order valence-corrected chi connectivity index (χ4v) is 2.15. The second-order valence-electron chi connectivity index (χ2n) is 3.62. The van der Waals surface area contributed by atoms with Crippen molar-refractivity contribution in [2.75, 3.05) is 0 Å². The van der Waals surface area contributed by atoms with E-state index in [9.17, 15) is 0 Å². The summed E-state index contributed by atoms with van der Waals surface area (Å²) in [5, 5.41) is 0. The highest BCUT2D eigenvalue weighted by molar-refractivity contribution is 9.11. The maximum Gasteiger partial charge on any atom is 0.0444 e. The average Bonchev–Trinajstić information content (AvgIpc) is 2.13. The van der Waals surface area contributed by atoms with Crippen LogP contribution in [0, 0.1) is 5.92 Å². The third-order valence-electron chi connectivity index (χ3n) is 2.52. The van der Waals surface area contributed by atoms with Crippen LogP contribution in [0.25, 0.3) is 0 Å². The van der Waals surface area contributed by atoms with Gasteiger partial charge in [-0.25, -0.2) is 0 Å². The van der Waals surface area contributed by atoms with Crippen LogP contribution < -0.4 is 5.73 Å². The van der Waals surface area contributed by atoms with Gasteiger partial charge in [0.25, 0.3) is 0 Å². The third kappa shape index (κ3) is 2.46. The van der Waals surface area contributed by atoms with Crippen molar-refractivity contribution < 1.29 is 0 Å². The largest absolute Gasteiger partial charge is 0.321 e. The Morgan fingerprint density at radius 1 is 1.50 bits per heavy atom. The van der Waals surface area contributed by atoms with Crippen LogP contribution in [0.15, 0.2) is 48.0 Å². The van der Waals surface area contributed by atoms with E-state index in [0.717, 1.165) is 17.3 Å². The van der Waals surface area contributed by atoms with E-state index in [1.165, 1.54) is 0 Å². The number of halogens is 1. The molecule has 2 heteroatoms. The monoisotopic (exact) mass is 253 g/mol. The Morgan fingerprint density at radius 2 is 2.21 bits per heavy atom. The Labute approximate surface area is 94.2 Å². The van der Waals surface area contributed by atoms with Gasteiger partial charge in [-0.15, -0.1) is 13.2 Å². The maximum atomic E-state index is 6.29.